The first kappa shape index (κ1) is 20.3. The van der Waals surface area contributed by atoms with Crippen LogP contribution in [0.25, 0.3) is 5.65 Å². The van der Waals surface area contributed by atoms with Gasteiger partial charge in [0.1, 0.15) is 18.7 Å². The van der Waals surface area contributed by atoms with Gasteiger partial charge in [0.2, 0.25) is 12.4 Å². The predicted octanol–water partition coefficient (Wildman–Crippen LogP) is 2.41. The van der Waals surface area contributed by atoms with Crippen LogP contribution in [0.15, 0.2) is 41.3 Å². The zero-order chi connectivity index (χ0) is 19.9. The van der Waals surface area contributed by atoms with Gasteiger partial charge in [-0.3, -0.25) is 4.84 Å². The molecule has 0 aromatic carbocycles. The highest BCUT2D eigenvalue weighted by atomic mass is 79.9. The number of aliphatic hydroxyl groups is 1. The zero-order valence-corrected chi connectivity index (χ0v) is 17.7. The Labute approximate surface area is 172 Å². The van der Waals surface area contributed by atoms with Gasteiger partial charge in [0.15, 0.2) is 5.65 Å². The molecule has 9 heteroatoms. The zero-order valence-electron chi connectivity index (χ0n) is 16.1. The van der Waals surface area contributed by atoms with Crippen LogP contribution < -0.4 is 20.2 Å². The summed E-state index contributed by atoms with van der Waals surface area (Å²) in [5.41, 5.74) is 1.77. The first-order valence-electron chi connectivity index (χ1n) is 9.34. The number of fused-ring (bicyclic) bond motifs is 1. The van der Waals surface area contributed by atoms with Crippen molar-refractivity contribution in [2.24, 2.45) is 0 Å². The minimum absolute atomic E-state index is 0.0285. The van der Waals surface area contributed by atoms with Gasteiger partial charge in [0, 0.05) is 29.0 Å². The summed E-state index contributed by atoms with van der Waals surface area (Å²) in [4.78, 5) is 9.85. The highest BCUT2D eigenvalue weighted by molar-refractivity contribution is 9.10. The number of unbranched alkanes of at least 4 members (excludes halogenated alkanes) is 1. The second-order valence-corrected chi connectivity index (χ2v) is 7.38. The first-order valence-corrected chi connectivity index (χ1v) is 10.1. The highest BCUT2D eigenvalue weighted by Gasteiger charge is 2.14. The number of halogens is 1. The normalized spacial score (nSPS) is 12.1. The van der Waals surface area contributed by atoms with E-state index in [-0.39, 0.29) is 12.6 Å². The molecule has 3 rings (SSSR count). The summed E-state index contributed by atoms with van der Waals surface area (Å²) >= 11 is 3.50. The Kier molecular flexibility index (Phi) is 7.05. The number of anilines is 2. The Bertz CT molecular complexity index is 917. The van der Waals surface area contributed by atoms with Crippen LogP contribution in [0.1, 0.15) is 31.7 Å². The third kappa shape index (κ3) is 4.90. The fraction of sp³-hybridized carbons (Fsp3) is 0.421. The molecule has 1 atom stereocenters. The maximum Gasteiger partial charge on any atom is 0.227 e. The molecule has 3 N–H and O–H groups in total. The second kappa shape index (κ2) is 9.70. The van der Waals surface area contributed by atoms with E-state index in [0.717, 1.165) is 35.1 Å². The van der Waals surface area contributed by atoms with E-state index < -0.39 is 0 Å². The van der Waals surface area contributed by atoms with Crippen molar-refractivity contribution < 1.29 is 14.7 Å². The smallest absolute Gasteiger partial charge is 0.227 e. The Hall–Kier alpha value is -2.39. The molecular weight excluding hydrogens is 424 g/mol. The van der Waals surface area contributed by atoms with E-state index in [4.69, 9.17) is 4.84 Å². The lowest BCUT2D eigenvalue weighted by molar-refractivity contribution is -0.885. The summed E-state index contributed by atoms with van der Waals surface area (Å²) < 4.78 is 4.21. The van der Waals surface area contributed by atoms with E-state index in [1.54, 1.807) is 22.6 Å². The largest absolute Gasteiger partial charge is 0.394 e. The minimum atomic E-state index is -0.0285. The van der Waals surface area contributed by atoms with Crippen LogP contribution in [0.5, 0.6) is 0 Å². The van der Waals surface area contributed by atoms with Gasteiger partial charge in [0.25, 0.3) is 0 Å². The molecule has 0 bridgehead atoms. The molecule has 0 aliphatic rings. The SMILES string of the molecule is CCCCC(CO)Nc1cc(NCc2ccc[n+](OC)c2)n2ncc(Br)c2n1. The van der Waals surface area contributed by atoms with Crippen LogP contribution in [0.4, 0.5) is 11.6 Å². The lowest BCUT2D eigenvalue weighted by Crippen LogP contribution is -2.40. The molecule has 8 nitrogen and oxygen atoms in total. The van der Waals surface area contributed by atoms with Gasteiger partial charge in [0.05, 0.1) is 23.3 Å². The van der Waals surface area contributed by atoms with Gasteiger partial charge in [-0.2, -0.15) is 9.61 Å². The average Bonchev–Trinajstić information content (AvgIpc) is 3.10. The summed E-state index contributed by atoms with van der Waals surface area (Å²) in [6, 6.07) is 5.83. The van der Waals surface area contributed by atoms with Crippen LogP contribution >= 0.6 is 15.9 Å². The van der Waals surface area contributed by atoms with E-state index in [9.17, 15) is 5.11 Å². The molecule has 0 saturated heterocycles. The Morgan fingerprint density at radius 1 is 1.43 bits per heavy atom. The number of hydrogen-bond donors (Lipinski definition) is 3. The summed E-state index contributed by atoms with van der Waals surface area (Å²) in [5.74, 6) is 1.50. The Balaban J connectivity index is 1.83. The Morgan fingerprint density at radius 3 is 3.04 bits per heavy atom. The molecule has 3 heterocycles. The van der Waals surface area contributed by atoms with E-state index in [0.29, 0.717) is 18.0 Å². The first-order chi connectivity index (χ1) is 13.6. The number of pyridine rings is 1. The van der Waals surface area contributed by atoms with E-state index >= 15 is 0 Å². The fourth-order valence-electron chi connectivity index (χ4n) is 2.92. The number of nitrogens with zero attached hydrogens (tertiary/aromatic N) is 4. The van der Waals surface area contributed by atoms with Gasteiger partial charge in [-0.25, -0.2) is 4.98 Å². The van der Waals surface area contributed by atoms with Crippen LogP contribution in [-0.2, 0) is 6.54 Å². The third-order valence-corrected chi connectivity index (χ3v) is 4.99. The summed E-state index contributed by atoms with van der Waals surface area (Å²) in [6.45, 7) is 2.80. The van der Waals surface area contributed by atoms with Crippen LogP contribution in [-0.4, -0.2) is 39.5 Å². The topological polar surface area (TPSA) is 87.6 Å². The van der Waals surface area contributed by atoms with Crippen molar-refractivity contribution in [1.82, 2.24) is 14.6 Å². The molecule has 150 valence electrons. The van der Waals surface area contributed by atoms with E-state index in [1.165, 1.54) is 0 Å². The molecule has 0 amide bonds. The van der Waals surface area contributed by atoms with Crippen molar-refractivity contribution >= 4 is 33.2 Å². The minimum Gasteiger partial charge on any atom is -0.394 e. The molecule has 0 saturated carbocycles. The van der Waals surface area contributed by atoms with Crippen molar-refractivity contribution in [3.8, 4) is 0 Å². The molecular formula is C19H26BrN6O2+. The Morgan fingerprint density at radius 2 is 2.29 bits per heavy atom. The molecule has 3 aromatic rings. The number of aromatic nitrogens is 4. The van der Waals surface area contributed by atoms with E-state index in [1.807, 2.05) is 30.6 Å². The van der Waals surface area contributed by atoms with Crippen molar-refractivity contribution in [3.63, 3.8) is 0 Å². The quantitative estimate of drug-likeness (QED) is 0.412. The summed E-state index contributed by atoms with van der Waals surface area (Å²) in [6.07, 6.45) is 8.51. The number of nitrogens with one attached hydrogen (secondary N) is 2. The van der Waals surface area contributed by atoms with Crippen molar-refractivity contribution in [3.05, 3.63) is 46.8 Å². The number of rotatable bonds is 10. The van der Waals surface area contributed by atoms with Gasteiger partial charge in [-0.1, -0.05) is 19.8 Å². The molecule has 0 radical (unpaired) electrons. The van der Waals surface area contributed by atoms with Crippen molar-refractivity contribution in [1.29, 1.82) is 0 Å². The fourth-order valence-corrected chi connectivity index (χ4v) is 3.26. The van der Waals surface area contributed by atoms with Gasteiger partial charge >= 0.3 is 0 Å². The molecule has 0 aliphatic heterocycles. The molecule has 1 unspecified atom stereocenters. The molecule has 0 spiro atoms. The number of aliphatic hydroxyl groups excluding tert-OH is 1. The average molecular weight is 450 g/mol. The van der Waals surface area contributed by atoms with Crippen LogP contribution in [0.3, 0.4) is 0 Å². The van der Waals surface area contributed by atoms with E-state index in [2.05, 4.69) is 43.6 Å². The van der Waals surface area contributed by atoms with Gasteiger partial charge < -0.3 is 15.7 Å². The van der Waals surface area contributed by atoms with Crippen molar-refractivity contribution in [2.75, 3.05) is 24.4 Å². The number of hydrogen-bond acceptors (Lipinski definition) is 6. The van der Waals surface area contributed by atoms with Crippen LogP contribution in [0, 0.1) is 0 Å². The standard InChI is InChI=1S/C19H26BrN6O2/c1-3-4-7-15(13-27)23-17-9-18(26-19(24-17)16(20)11-22-26)21-10-14-6-5-8-25(12-14)28-2/h5-6,8-9,11-12,15,21,27H,3-4,7,10,13H2,1-2H3,(H,23,24)/q+1. The third-order valence-electron chi connectivity index (χ3n) is 4.43. The highest BCUT2D eigenvalue weighted by Crippen LogP contribution is 2.23. The lowest BCUT2D eigenvalue weighted by Gasteiger charge is -2.18. The van der Waals surface area contributed by atoms with Crippen LogP contribution in [0.2, 0.25) is 0 Å². The van der Waals surface area contributed by atoms with Gasteiger partial charge in [-0.15, -0.1) is 0 Å². The monoisotopic (exact) mass is 449 g/mol. The van der Waals surface area contributed by atoms with Gasteiger partial charge in [-0.05, 0) is 28.4 Å². The maximum atomic E-state index is 9.67. The van der Waals surface area contributed by atoms with Crippen molar-refractivity contribution in [2.45, 2.75) is 38.8 Å². The molecule has 28 heavy (non-hydrogen) atoms. The summed E-state index contributed by atoms with van der Waals surface area (Å²) in [5, 5.41) is 20.8. The predicted molar refractivity (Wildman–Crippen MR) is 111 cm³/mol. The summed E-state index contributed by atoms with van der Waals surface area (Å²) in [7, 11) is 1.62. The maximum absolute atomic E-state index is 9.67. The lowest BCUT2D eigenvalue weighted by atomic mass is 10.1. The molecule has 0 aliphatic carbocycles. The molecule has 3 aromatic heterocycles. The molecule has 0 fully saturated rings. The second-order valence-electron chi connectivity index (χ2n) is 6.53.